The van der Waals surface area contributed by atoms with Crippen LogP contribution >= 0.6 is 0 Å². The zero-order valence-electron chi connectivity index (χ0n) is 24.2. The van der Waals surface area contributed by atoms with Gasteiger partial charge in [0, 0.05) is 63.1 Å². The number of hydrogen-bond donors (Lipinski definition) is 2. The Kier molecular flexibility index (Phi) is 8.01. The lowest BCUT2D eigenvalue weighted by Crippen LogP contribution is -2.42. The molecule has 0 radical (unpaired) electrons. The molecular weight excluding hydrogens is 533 g/mol. The first-order chi connectivity index (χ1) is 20.4. The minimum atomic E-state index is -0.338. The number of ether oxygens (including phenoxy) is 1. The highest BCUT2D eigenvalue weighted by molar-refractivity contribution is 5.91. The molecule has 42 heavy (non-hydrogen) atoms. The number of hydrogen-bond acceptors (Lipinski definition) is 6. The summed E-state index contributed by atoms with van der Waals surface area (Å²) in [6.45, 7) is 6.29. The van der Waals surface area contributed by atoms with Gasteiger partial charge in [-0.05, 0) is 55.4 Å². The number of urea groups is 1. The Labute approximate surface area is 245 Å². The van der Waals surface area contributed by atoms with Crippen LogP contribution in [0.1, 0.15) is 28.3 Å². The van der Waals surface area contributed by atoms with E-state index in [1.165, 1.54) is 11.6 Å². The number of nitrogens with zero attached hydrogens (tertiary/aromatic N) is 5. The van der Waals surface area contributed by atoms with E-state index in [-0.39, 0.29) is 23.8 Å². The van der Waals surface area contributed by atoms with E-state index in [9.17, 15) is 9.18 Å². The molecule has 0 bridgehead atoms. The van der Waals surface area contributed by atoms with Crippen molar-refractivity contribution in [2.75, 3.05) is 45.7 Å². The molecule has 0 aliphatic carbocycles. The van der Waals surface area contributed by atoms with Gasteiger partial charge in [-0.15, -0.1) is 0 Å². The number of fused-ring (bicyclic) bond motifs is 1. The number of benzene rings is 2. The van der Waals surface area contributed by atoms with E-state index in [2.05, 4.69) is 33.5 Å². The predicted octanol–water partition coefficient (Wildman–Crippen LogP) is 4.56. The lowest BCUT2D eigenvalue weighted by Gasteiger charge is -2.21. The Morgan fingerprint density at radius 1 is 1.10 bits per heavy atom. The molecule has 2 unspecified atom stereocenters. The van der Waals surface area contributed by atoms with Gasteiger partial charge in [0.2, 0.25) is 0 Å². The van der Waals surface area contributed by atoms with Gasteiger partial charge in [-0.3, -0.25) is 20.1 Å². The Balaban J connectivity index is 1.28. The summed E-state index contributed by atoms with van der Waals surface area (Å²) in [7, 11) is 3.75. The molecule has 4 aromatic rings. The van der Waals surface area contributed by atoms with Crippen LogP contribution in [0.5, 0.6) is 0 Å². The second-order valence-corrected chi connectivity index (χ2v) is 11.2. The molecular formula is C32H36FN7O2. The van der Waals surface area contributed by atoms with Crippen LogP contribution in [-0.4, -0.2) is 77.0 Å². The average Bonchev–Trinajstić information content (AvgIpc) is 3.66. The molecule has 0 spiro atoms. The molecule has 10 heteroatoms. The molecule has 218 valence electrons. The summed E-state index contributed by atoms with van der Waals surface area (Å²) in [5.74, 6) is 0.242. The second-order valence-electron chi connectivity index (χ2n) is 11.2. The number of pyridine rings is 1. The fourth-order valence-electron chi connectivity index (χ4n) is 6.04. The van der Waals surface area contributed by atoms with Crippen molar-refractivity contribution in [3.8, 4) is 16.9 Å². The first-order valence-electron chi connectivity index (χ1n) is 14.3. The summed E-state index contributed by atoms with van der Waals surface area (Å²) in [4.78, 5) is 22.8. The molecule has 6 rings (SSSR count). The summed E-state index contributed by atoms with van der Waals surface area (Å²) in [6, 6.07) is 18.0. The number of nitrogens with one attached hydrogen (secondary N) is 2. The van der Waals surface area contributed by atoms with Gasteiger partial charge >= 0.3 is 6.03 Å². The van der Waals surface area contributed by atoms with Crippen molar-refractivity contribution in [3.63, 3.8) is 0 Å². The van der Waals surface area contributed by atoms with Gasteiger partial charge in [-0.1, -0.05) is 30.3 Å². The number of methoxy groups -OCH3 is 1. The second kappa shape index (κ2) is 12.0. The van der Waals surface area contributed by atoms with Crippen LogP contribution in [0.25, 0.3) is 16.9 Å². The van der Waals surface area contributed by atoms with Crippen molar-refractivity contribution >= 4 is 11.8 Å². The SMILES string of the molecule is COCCN1CC(NC(=O)Nc2c(C)c(-c3cnc4c(c3)CN(C)C4)nn2-c2ccccc2)C(c2cccc(F)c2)C1. The molecule has 9 nitrogen and oxygen atoms in total. The van der Waals surface area contributed by atoms with Crippen LogP contribution in [0, 0.1) is 12.7 Å². The zero-order chi connectivity index (χ0) is 29.2. The third kappa shape index (κ3) is 5.78. The number of para-hydroxylation sites is 1. The first-order valence-corrected chi connectivity index (χ1v) is 14.3. The van der Waals surface area contributed by atoms with E-state index in [0.717, 1.165) is 53.4 Å². The average molecular weight is 570 g/mol. The topological polar surface area (TPSA) is 87.6 Å². The third-order valence-electron chi connectivity index (χ3n) is 8.15. The number of halogens is 1. The minimum absolute atomic E-state index is 0.0605. The highest BCUT2D eigenvalue weighted by Crippen LogP contribution is 2.33. The number of rotatable bonds is 8. The molecule has 2 atom stereocenters. The maximum absolute atomic E-state index is 14.1. The van der Waals surface area contributed by atoms with Crippen molar-refractivity contribution in [1.29, 1.82) is 0 Å². The Morgan fingerprint density at radius 2 is 1.93 bits per heavy atom. The van der Waals surface area contributed by atoms with E-state index in [1.54, 1.807) is 23.9 Å². The molecule has 0 saturated carbocycles. The highest BCUT2D eigenvalue weighted by atomic mass is 19.1. The van der Waals surface area contributed by atoms with Crippen LogP contribution in [-0.2, 0) is 17.8 Å². The number of carbonyl (C=O) groups is 1. The molecule has 1 saturated heterocycles. The Bertz CT molecular complexity index is 1570. The van der Waals surface area contributed by atoms with Gasteiger partial charge in [0.15, 0.2) is 0 Å². The number of aromatic nitrogens is 3. The maximum atomic E-state index is 14.1. The largest absolute Gasteiger partial charge is 0.383 e. The summed E-state index contributed by atoms with van der Waals surface area (Å²) < 4.78 is 21.2. The van der Waals surface area contributed by atoms with E-state index >= 15 is 0 Å². The number of anilines is 1. The number of carbonyl (C=O) groups excluding carboxylic acids is 1. The first kappa shape index (κ1) is 28.0. The molecule has 2 aliphatic heterocycles. The molecule has 2 aliphatic rings. The molecule has 2 aromatic carbocycles. The van der Waals surface area contributed by atoms with E-state index in [1.807, 2.05) is 49.5 Å². The highest BCUT2D eigenvalue weighted by Gasteiger charge is 2.35. The van der Waals surface area contributed by atoms with E-state index in [0.29, 0.717) is 25.5 Å². The van der Waals surface area contributed by atoms with Gasteiger partial charge < -0.3 is 10.1 Å². The Hall–Kier alpha value is -4.12. The number of likely N-dealkylation sites (tertiary alicyclic amines) is 1. The van der Waals surface area contributed by atoms with Crippen LogP contribution in [0.3, 0.4) is 0 Å². The summed E-state index contributed by atoms with van der Waals surface area (Å²) >= 11 is 0. The van der Waals surface area contributed by atoms with Gasteiger partial charge in [0.05, 0.1) is 29.7 Å². The standard InChI is InChI=1S/C32H36FN7O2/c1-21-30(23-14-24-17-38(2)19-28(24)34-16-23)37-40(26-10-5-4-6-11-26)31(21)36-32(41)35-29-20-39(12-13-42-3)18-27(29)22-8-7-9-25(33)15-22/h4-11,14-16,27,29H,12-13,17-20H2,1-3H3,(H2,35,36,41). The molecule has 4 heterocycles. The fourth-order valence-corrected chi connectivity index (χ4v) is 6.04. The summed E-state index contributed by atoms with van der Waals surface area (Å²) in [5, 5.41) is 11.2. The lowest BCUT2D eigenvalue weighted by atomic mass is 9.94. The number of amides is 2. The lowest BCUT2D eigenvalue weighted by molar-refractivity contribution is 0.159. The van der Waals surface area contributed by atoms with Crippen LogP contribution in [0.15, 0.2) is 66.9 Å². The van der Waals surface area contributed by atoms with Crippen LogP contribution < -0.4 is 10.6 Å². The fraction of sp³-hybridized carbons (Fsp3) is 0.344. The quantitative estimate of drug-likeness (QED) is 0.324. The monoisotopic (exact) mass is 569 g/mol. The van der Waals surface area contributed by atoms with Crippen LogP contribution in [0.2, 0.25) is 0 Å². The Morgan fingerprint density at radius 3 is 2.71 bits per heavy atom. The van der Waals surface area contributed by atoms with Crippen molar-refractivity contribution in [3.05, 3.63) is 95.1 Å². The van der Waals surface area contributed by atoms with Crippen LogP contribution in [0.4, 0.5) is 15.0 Å². The molecule has 2 amide bonds. The third-order valence-corrected chi connectivity index (χ3v) is 8.15. The molecule has 1 fully saturated rings. The van der Waals surface area contributed by atoms with Crippen molar-refractivity contribution in [2.24, 2.45) is 0 Å². The summed E-state index contributed by atoms with van der Waals surface area (Å²) in [6.07, 6.45) is 1.86. The normalized spacial score (nSPS) is 18.8. The van der Waals surface area contributed by atoms with Gasteiger partial charge in [-0.2, -0.15) is 5.10 Å². The van der Waals surface area contributed by atoms with Crippen molar-refractivity contribution < 1.29 is 13.9 Å². The van der Waals surface area contributed by atoms with Gasteiger partial charge in [0.25, 0.3) is 0 Å². The smallest absolute Gasteiger partial charge is 0.320 e. The van der Waals surface area contributed by atoms with Gasteiger partial charge in [-0.25, -0.2) is 13.9 Å². The zero-order valence-corrected chi connectivity index (χ0v) is 24.2. The van der Waals surface area contributed by atoms with Crippen molar-refractivity contribution in [2.45, 2.75) is 32.0 Å². The van der Waals surface area contributed by atoms with E-state index in [4.69, 9.17) is 14.8 Å². The molecule has 2 aromatic heterocycles. The maximum Gasteiger partial charge on any atom is 0.320 e. The minimum Gasteiger partial charge on any atom is -0.383 e. The van der Waals surface area contributed by atoms with Gasteiger partial charge in [0.1, 0.15) is 11.6 Å². The molecule has 2 N–H and O–H groups in total. The van der Waals surface area contributed by atoms with E-state index < -0.39 is 0 Å². The summed E-state index contributed by atoms with van der Waals surface area (Å²) in [5.41, 5.74) is 6.50. The van der Waals surface area contributed by atoms with Crippen molar-refractivity contribution in [1.82, 2.24) is 29.9 Å². The predicted molar refractivity (Wildman–Crippen MR) is 160 cm³/mol.